The summed E-state index contributed by atoms with van der Waals surface area (Å²) in [5, 5.41) is 3.15. The van der Waals surface area contributed by atoms with Crippen LogP contribution in [0.3, 0.4) is 0 Å². The van der Waals surface area contributed by atoms with Crippen molar-refractivity contribution in [1.29, 1.82) is 0 Å². The van der Waals surface area contributed by atoms with Crippen molar-refractivity contribution in [2.75, 3.05) is 12.4 Å². The molecule has 4 rings (SSSR count). The summed E-state index contributed by atoms with van der Waals surface area (Å²) in [6.07, 6.45) is 0.195. The first-order chi connectivity index (χ1) is 14.5. The summed E-state index contributed by atoms with van der Waals surface area (Å²) in [7, 11) is 1.58. The molecule has 0 aliphatic carbocycles. The highest BCUT2D eigenvalue weighted by Crippen LogP contribution is 2.24. The summed E-state index contributed by atoms with van der Waals surface area (Å²) in [5.74, 6) is 0.507. The molecule has 0 aliphatic rings. The van der Waals surface area contributed by atoms with E-state index in [1.54, 1.807) is 49.6 Å². The average molecular weight is 403 g/mol. The van der Waals surface area contributed by atoms with Gasteiger partial charge in [-0.2, -0.15) is 0 Å². The Kier molecular flexibility index (Phi) is 5.30. The minimum absolute atomic E-state index is 0.195. The van der Waals surface area contributed by atoms with Crippen LogP contribution < -0.4 is 15.5 Å². The first-order valence-electron chi connectivity index (χ1n) is 9.28. The molecule has 0 radical (unpaired) electrons. The van der Waals surface area contributed by atoms with Crippen molar-refractivity contribution in [2.24, 2.45) is 0 Å². The topological polar surface area (TPSA) is 68.5 Å². The van der Waals surface area contributed by atoms with E-state index in [1.165, 1.54) is 18.2 Å². The van der Waals surface area contributed by atoms with Gasteiger partial charge < -0.3 is 14.5 Å². The largest absolute Gasteiger partial charge is 0.497 e. The zero-order valence-electron chi connectivity index (χ0n) is 16.1. The van der Waals surface area contributed by atoms with E-state index in [1.807, 2.05) is 12.1 Å². The second kappa shape index (κ2) is 8.21. The quantitative estimate of drug-likeness (QED) is 0.520. The molecule has 0 aliphatic heterocycles. The number of carbonyl (C=O) groups is 1. The maximum Gasteiger partial charge on any atom is 0.228 e. The van der Waals surface area contributed by atoms with Gasteiger partial charge in [0, 0.05) is 17.3 Å². The number of ether oxygens (including phenoxy) is 1. The van der Waals surface area contributed by atoms with Gasteiger partial charge in [0.15, 0.2) is 5.43 Å². The summed E-state index contributed by atoms with van der Waals surface area (Å²) in [6, 6.07) is 19.2. The Hall–Kier alpha value is -3.93. The van der Waals surface area contributed by atoms with Crippen LogP contribution >= 0.6 is 0 Å². The van der Waals surface area contributed by atoms with Gasteiger partial charge in [0.2, 0.25) is 5.91 Å². The number of amides is 1. The highest BCUT2D eigenvalue weighted by molar-refractivity contribution is 5.94. The van der Waals surface area contributed by atoms with Crippen LogP contribution in [0.4, 0.5) is 10.1 Å². The Morgan fingerprint density at radius 3 is 2.43 bits per heavy atom. The molecule has 0 saturated heterocycles. The molecular weight excluding hydrogens is 385 g/mol. The molecular formula is C24H18FNO4. The minimum atomic E-state index is -0.364. The Labute approximate surface area is 171 Å². The number of hydrogen-bond acceptors (Lipinski definition) is 4. The highest BCUT2D eigenvalue weighted by atomic mass is 19.1. The Bertz CT molecular complexity index is 1260. The molecule has 0 spiro atoms. The molecule has 4 aromatic rings. The standard InChI is InChI=1S/C24H18FNO4/c1-29-19-9-2-15(3-10-19)12-24(28)26-18-8-11-22-20(13-18)21(27)14-23(30-22)16-4-6-17(25)7-5-16/h2-11,13-14H,12H2,1H3,(H,26,28). The van der Waals surface area contributed by atoms with Gasteiger partial charge in [0.1, 0.15) is 22.9 Å². The van der Waals surface area contributed by atoms with Crippen LogP contribution in [0.1, 0.15) is 5.56 Å². The molecule has 0 unspecified atom stereocenters. The Morgan fingerprint density at radius 2 is 1.73 bits per heavy atom. The van der Waals surface area contributed by atoms with Crippen LogP contribution in [0.5, 0.6) is 5.75 Å². The third-order valence-corrected chi connectivity index (χ3v) is 4.66. The van der Waals surface area contributed by atoms with Gasteiger partial charge in [-0.05, 0) is 60.2 Å². The zero-order valence-corrected chi connectivity index (χ0v) is 16.1. The zero-order chi connectivity index (χ0) is 21.1. The summed E-state index contributed by atoms with van der Waals surface area (Å²) >= 11 is 0. The first kappa shape index (κ1) is 19.4. The SMILES string of the molecule is COc1ccc(CC(=O)Nc2ccc3oc(-c4ccc(F)cc4)cc(=O)c3c2)cc1. The van der Waals surface area contributed by atoms with Crippen LogP contribution in [-0.2, 0) is 11.2 Å². The molecule has 0 saturated carbocycles. The number of nitrogens with one attached hydrogen (secondary N) is 1. The van der Waals surface area contributed by atoms with E-state index in [2.05, 4.69) is 5.32 Å². The number of methoxy groups -OCH3 is 1. The van der Waals surface area contributed by atoms with E-state index >= 15 is 0 Å². The molecule has 1 N–H and O–H groups in total. The van der Waals surface area contributed by atoms with Crippen LogP contribution in [0, 0.1) is 5.82 Å². The molecule has 30 heavy (non-hydrogen) atoms. The van der Waals surface area contributed by atoms with Crippen molar-refractivity contribution in [2.45, 2.75) is 6.42 Å². The molecule has 0 fully saturated rings. The third kappa shape index (κ3) is 4.22. The number of rotatable bonds is 5. The molecule has 1 aromatic heterocycles. The molecule has 150 valence electrons. The molecule has 0 atom stereocenters. The average Bonchev–Trinajstić information content (AvgIpc) is 2.75. The van der Waals surface area contributed by atoms with E-state index in [-0.39, 0.29) is 23.6 Å². The van der Waals surface area contributed by atoms with Crippen molar-refractivity contribution >= 4 is 22.6 Å². The lowest BCUT2D eigenvalue weighted by molar-refractivity contribution is -0.115. The maximum atomic E-state index is 13.1. The van der Waals surface area contributed by atoms with Gasteiger partial charge in [-0.1, -0.05) is 12.1 Å². The fourth-order valence-electron chi connectivity index (χ4n) is 3.12. The van der Waals surface area contributed by atoms with Gasteiger partial charge in [-0.25, -0.2) is 4.39 Å². The lowest BCUT2D eigenvalue weighted by Gasteiger charge is -2.08. The smallest absolute Gasteiger partial charge is 0.228 e. The molecule has 5 nitrogen and oxygen atoms in total. The van der Waals surface area contributed by atoms with Crippen molar-refractivity contribution in [3.05, 3.63) is 94.4 Å². The monoisotopic (exact) mass is 403 g/mol. The van der Waals surface area contributed by atoms with Gasteiger partial charge in [-0.3, -0.25) is 9.59 Å². The summed E-state index contributed by atoms with van der Waals surface area (Å²) < 4.78 is 24.0. The van der Waals surface area contributed by atoms with E-state index < -0.39 is 0 Å². The Morgan fingerprint density at radius 1 is 1.00 bits per heavy atom. The van der Waals surface area contributed by atoms with E-state index in [9.17, 15) is 14.0 Å². The number of anilines is 1. The molecule has 3 aromatic carbocycles. The normalized spacial score (nSPS) is 10.7. The number of halogens is 1. The predicted molar refractivity (Wildman–Crippen MR) is 113 cm³/mol. The lowest BCUT2D eigenvalue weighted by Crippen LogP contribution is -2.14. The summed E-state index contributed by atoms with van der Waals surface area (Å²) in [4.78, 5) is 24.9. The van der Waals surface area contributed by atoms with Gasteiger partial charge in [0.05, 0.1) is 18.9 Å². The van der Waals surface area contributed by atoms with Crippen molar-refractivity contribution < 1.29 is 18.3 Å². The lowest BCUT2D eigenvalue weighted by atomic mass is 10.1. The van der Waals surface area contributed by atoms with Crippen LogP contribution in [0.25, 0.3) is 22.3 Å². The minimum Gasteiger partial charge on any atom is -0.497 e. The molecule has 1 amide bonds. The third-order valence-electron chi connectivity index (χ3n) is 4.66. The molecule has 6 heteroatoms. The van der Waals surface area contributed by atoms with Crippen LogP contribution in [0.2, 0.25) is 0 Å². The fourth-order valence-corrected chi connectivity index (χ4v) is 3.12. The second-order valence-electron chi connectivity index (χ2n) is 6.77. The number of benzene rings is 3. The molecule has 0 bridgehead atoms. The van der Waals surface area contributed by atoms with Gasteiger partial charge in [0.25, 0.3) is 0 Å². The Balaban J connectivity index is 1.54. The van der Waals surface area contributed by atoms with E-state index in [4.69, 9.17) is 9.15 Å². The maximum absolute atomic E-state index is 13.1. The van der Waals surface area contributed by atoms with E-state index in [0.29, 0.717) is 28.0 Å². The second-order valence-corrected chi connectivity index (χ2v) is 6.77. The summed E-state index contributed by atoms with van der Waals surface area (Å²) in [6.45, 7) is 0. The number of fused-ring (bicyclic) bond motifs is 1. The number of carbonyl (C=O) groups excluding carboxylic acids is 1. The van der Waals surface area contributed by atoms with Gasteiger partial charge in [-0.15, -0.1) is 0 Å². The van der Waals surface area contributed by atoms with Crippen molar-refractivity contribution in [3.8, 4) is 17.1 Å². The first-order valence-corrected chi connectivity index (χ1v) is 9.28. The van der Waals surface area contributed by atoms with Gasteiger partial charge >= 0.3 is 0 Å². The van der Waals surface area contributed by atoms with E-state index in [0.717, 1.165) is 11.3 Å². The molecule has 1 heterocycles. The fraction of sp³-hybridized carbons (Fsp3) is 0.0833. The van der Waals surface area contributed by atoms with Crippen LogP contribution in [0.15, 0.2) is 82.0 Å². The predicted octanol–water partition coefficient (Wildman–Crippen LogP) is 4.79. The number of hydrogen-bond donors (Lipinski definition) is 1. The summed E-state index contributed by atoms with van der Waals surface area (Å²) in [5.41, 5.74) is 2.09. The van der Waals surface area contributed by atoms with Crippen LogP contribution in [-0.4, -0.2) is 13.0 Å². The highest BCUT2D eigenvalue weighted by Gasteiger charge is 2.10. The van der Waals surface area contributed by atoms with Crippen molar-refractivity contribution in [3.63, 3.8) is 0 Å². The van der Waals surface area contributed by atoms with Crippen molar-refractivity contribution in [1.82, 2.24) is 0 Å².